The summed E-state index contributed by atoms with van der Waals surface area (Å²) in [7, 11) is -3.49. The lowest BCUT2D eigenvalue weighted by atomic mass is 10.3. The molecule has 0 fully saturated rings. The molecule has 0 aliphatic carbocycles. The smallest absolute Gasteiger partial charge is 0.413 e. The molecule has 1 amide bonds. The number of nitrogens with one attached hydrogen (secondary N) is 1. The molecule has 27 heavy (non-hydrogen) atoms. The van der Waals surface area contributed by atoms with E-state index in [0.717, 1.165) is 9.79 Å². The van der Waals surface area contributed by atoms with E-state index in [4.69, 9.17) is 0 Å². The maximum Gasteiger partial charge on any atom is 0.413 e. The summed E-state index contributed by atoms with van der Waals surface area (Å²) in [6, 6.07) is 15.3. The predicted molar refractivity (Wildman–Crippen MR) is 98.8 cm³/mol. The van der Waals surface area contributed by atoms with Crippen LogP contribution < -0.4 is 15.1 Å². The lowest BCUT2D eigenvalue weighted by Crippen LogP contribution is -2.21. The number of aromatic nitrogens is 2. The maximum atomic E-state index is 11.6. The van der Waals surface area contributed by atoms with Crippen molar-refractivity contribution >= 4 is 42.4 Å². The second-order valence-corrected chi connectivity index (χ2v) is 8.42. The van der Waals surface area contributed by atoms with E-state index in [-0.39, 0.29) is 12.5 Å². The Bertz CT molecular complexity index is 1000. The van der Waals surface area contributed by atoms with Gasteiger partial charge in [-0.15, -0.1) is 0 Å². The van der Waals surface area contributed by atoms with E-state index in [2.05, 4.69) is 15.0 Å². The van der Waals surface area contributed by atoms with Crippen molar-refractivity contribution in [1.82, 2.24) is 9.55 Å². The number of nitrogens with zero attached hydrogens (tertiary/aromatic N) is 2. The van der Waals surface area contributed by atoms with Gasteiger partial charge in [-0.2, -0.15) is 0 Å². The first-order valence-electron chi connectivity index (χ1n) is 7.95. The van der Waals surface area contributed by atoms with Crippen molar-refractivity contribution in [3.63, 3.8) is 0 Å². The average Bonchev–Trinajstić information content (AvgIpc) is 2.96. The molecule has 3 aromatic rings. The van der Waals surface area contributed by atoms with Crippen LogP contribution >= 0.6 is 19.4 Å². The van der Waals surface area contributed by atoms with Crippen LogP contribution in [-0.2, 0) is 15.8 Å². The van der Waals surface area contributed by atoms with Crippen LogP contribution in [0, 0.1) is 0 Å². The van der Waals surface area contributed by atoms with Gasteiger partial charge in [0, 0.05) is 16.3 Å². The molecule has 0 aliphatic heterocycles. The second-order valence-electron chi connectivity index (χ2n) is 5.60. The van der Waals surface area contributed by atoms with Gasteiger partial charge in [-0.1, -0.05) is 37.6 Å². The number of anilines is 1. The SMILES string of the molecule is COC(=O)Nc1nc2cc(Sc3ccccc3)ccc2n1CCP(=O)([O-])[O-]. The molecular formula is C17H16N3O5PS-2. The number of amides is 1. The molecule has 0 bridgehead atoms. The Morgan fingerprint density at radius 3 is 2.63 bits per heavy atom. The quantitative estimate of drug-likeness (QED) is 0.625. The minimum atomic E-state index is -4.70. The molecule has 0 saturated carbocycles. The molecule has 1 heterocycles. The van der Waals surface area contributed by atoms with Crippen molar-refractivity contribution in [1.29, 1.82) is 0 Å². The molecule has 142 valence electrons. The standard InChI is InChI=1S/C17H18N3O5PS/c1-25-17(21)19-16-18-14-11-13(27-12-5-3-2-4-6-12)7-8-15(14)20(16)9-10-26(22,23)24/h2-8,11H,9-10H2,1H3,(H,18,19,21)(H2,22,23,24)/p-2. The Labute approximate surface area is 159 Å². The number of aryl methyl sites for hydroxylation is 1. The van der Waals surface area contributed by atoms with Crippen molar-refractivity contribution in [2.24, 2.45) is 0 Å². The summed E-state index contributed by atoms with van der Waals surface area (Å²) in [4.78, 5) is 40.0. The highest BCUT2D eigenvalue weighted by atomic mass is 32.2. The summed E-state index contributed by atoms with van der Waals surface area (Å²) in [5.41, 5.74) is 1.17. The van der Waals surface area contributed by atoms with Crippen LogP contribution in [0.1, 0.15) is 0 Å². The van der Waals surface area contributed by atoms with Gasteiger partial charge in [-0.25, -0.2) is 9.78 Å². The Kier molecular flexibility index (Phi) is 5.86. The van der Waals surface area contributed by atoms with E-state index in [1.807, 2.05) is 42.5 Å². The van der Waals surface area contributed by atoms with Crippen molar-refractivity contribution in [3.05, 3.63) is 48.5 Å². The Balaban J connectivity index is 1.95. The van der Waals surface area contributed by atoms with Crippen molar-refractivity contribution < 1.29 is 23.9 Å². The van der Waals surface area contributed by atoms with Gasteiger partial charge >= 0.3 is 6.09 Å². The highest BCUT2D eigenvalue weighted by Crippen LogP contribution is 2.32. The summed E-state index contributed by atoms with van der Waals surface area (Å²) < 4.78 is 17.1. The van der Waals surface area contributed by atoms with Gasteiger partial charge in [0.05, 0.1) is 18.1 Å². The minimum absolute atomic E-state index is 0.118. The third-order valence-electron chi connectivity index (χ3n) is 3.70. The average molecular weight is 405 g/mol. The van der Waals surface area contributed by atoms with Crippen LogP contribution in [0.25, 0.3) is 11.0 Å². The van der Waals surface area contributed by atoms with Crippen LogP contribution in [-0.4, -0.2) is 28.9 Å². The zero-order chi connectivity index (χ0) is 19.4. The number of rotatable bonds is 6. The number of benzene rings is 2. The van der Waals surface area contributed by atoms with Gasteiger partial charge in [0.15, 0.2) is 0 Å². The third kappa shape index (κ3) is 5.11. The molecule has 0 atom stereocenters. The molecule has 0 radical (unpaired) electrons. The topological polar surface area (TPSA) is 119 Å². The van der Waals surface area contributed by atoms with Gasteiger partial charge in [0.2, 0.25) is 5.95 Å². The number of imidazole rings is 1. The zero-order valence-electron chi connectivity index (χ0n) is 14.3. The van der Waals surface area contributed by atoms with Crippen molar-refractivity contribution in [2.45, 2.75) is 16.3 Å². The molecule has 0 aliphatic rings. The molecule has 0 unspecified atom stereocenters. The first-order chi connectivity index (χ1) is 12.9. The highest BCUT2D eigenvalue weighted by molar-refractivity contribution is 7.99. The first kappa shape index (κ1) is 19.4. The number of hydrogen-bond donors (Lipinski definition) is 1. The van der Waals surface area contributed by atoms with Crippen LogP contribution in [0.4, 0.5) is 10.7 Å². The molecule has 1 N–H and O–H groups in total. The lowest BCUT2D eigenvalue weighted by Gasteiger charge is -2.29. The fraction of sp³-hybridized carbons (Fsp3) is 0.176. The summed E-state index contributed by atoms with van der Waals surface area (Å²) in [6.07, 6.45) is -1.33. The number of carbonyl (C=O) groups is 1. The van der Waals surface area contributed by atoms with E-state index < -0.39 is 19.9 Å². The Morgan fingerprint density at radius 2 is 1.96 bits per heavy atom. The number of hydrogen-bond acceptors (Lipinski definition) is 7. The Hall–Kier alpha value is -2.32. The van der Waals surface area contributed by atoms with Gasteiger partial charge in [-0.3, -0.25) is 5.32 Å². The summed E-state index contributed by atoms with van der Waals surface area (Å²) in [6.45, 7) is -0.120. The van der Waals surface area contributed by atoms with Crippen LogP contribution in [0.5, 0.6) is 0 Å². The molecule has 1 aromatic heterocycles. The van der Waals surface area contributed by atoms with Crippen LogP contribution in [0.3, 0.4) is 0 Å². The number of fused-ring (bicyclic) bond motifs is 1. The third-order valence-corrected chi connectivity index (χ3v) is 5.44. The normalized spacial score (nSPS) is 11.5. The van der Waals surface area contributed by atoms with Crippen molar-refractivity contribution in [2.75, 3.05) is 18.6 Å². The number of ether oxygens (including phenoxy) is 1. The number of carbonyl (C=O) groups excluding carboxylic acids is 1. The number of methoxy groups -OCH3 is 1. The summed E-state index contributed by atoms with van der Waals surface area (Å²) in [5, 5.41) is 2.45. The minimum Gasteiger partial charge on any atom is -0.811 e. The van der Waals surface area contributed by atoms with E-state index >= 15 is 0 Å². The lowest BCUT2D eigenvalue weighted by molar-refractivity contribution is -0.313. The first-order valence-corrected chi connectivity index (χ1v) is 10.5. The van der Waals surface area contributed by atoms with Gasteiger partial charge in [0.1, 0.15) is 0 Å². The largest absolute Gasteiger partial charge is 0.811 e. The van der Waals surface area contributed by atoms with E-state index in [1.165, 1.54) is 11.7 Å². The molecule has 10 heteroatoms. The molecule has 0 saturated heterocycles. The van der Waals surface area contributed by atoms with Crippen LogP contribution in [0.15, 0.2) is 58.3 Å². The van der Waals surface area contributed by atoms with E-state index in [1.54, 1.807) is 17.8 Å². The summed E-state index contributed by atoms with van der Waals surface area (Å²) in [5.74, 6) is 0.118. The maximum absolute atomic E-state index is 11.6. The van der Waals surface area contributed by atoms with E-state index in [0.29, 0.717) is 11.0 Å². The van der Waals surface area contributed by atoms with Crippen LogP contribution in [0.2, 0.25) is 0 Å². The fourth-order valence-electron chi connectivity index (χ4n) is 2.48. The highest BCUT2D eigenvalue weighted by Gasteiger charge is 2.14. The molecule has 8 nitrogen and oxygen atoms in total. The molecule has 0 spiro atoms. The Morgan fingerprint density at radius 1 is 1.22 bits per heavy atom. The molecular weight excluding hydrogens is 389 g/mol. The molecule has 2 aromatic carbocycles. The molecule has 3 rings (SSSR count). The predicted octanol–water partition coefficient (Wildman–Crippen LogP) is 2.28. The monoisotopic (exact) mass is 405 g/mol. The van der Waals surface area contributed by atoms with Gasteiger partial charge < -0.3 is 23.7 Å². The van der Waals surface area contributed by atoms with Crippen molar-refractivity contribution in [3.8, 4) is 0 Å². The van der Waals surface area contributed by atoms with Gasteiger partial charge in [-0.05, 0) is 36.5 Å². The second kappa shape index (κ2) is 8.14. The summed E-state index contributed by atoms with van der Waals surface area (Å²) >= 11 is 1.55. The van der Waals surface area contributed by atoms with E-state index in [9.17, 15) is 19.1 Å². The fourth-order valence-corrected chi connectivity index (χ4v) is 3.80. The van der Waals surface area contributed by atoms with Gasteiger partial charge in [0.25, 0.3) is 0 Å². The zero-order valence-corrected chi connectivity index (χ0v) is 16.0.